The Kier molecular flexibility index (Phi) is 7.00. The number of anilines is 2. The van der Waals surface area contributed by atoms with E-state index in [0.29, 0.717) is 22.7 Å². The van der Waals surface area contributed by atoms with Crippen LogP contribution in [0.2, 0.25) is 0 Å². The van der Waals surface area contributed by atoms with Crippen LogP contribution in [0, 0.1) is 0 Å². The molecule has 132 valence electrons. The van der Waals surface area contributed by atoms with Crippen molar-refractivity contribution in [2.24, 2.45) is 0 Å². The van der Waals surface area contributed by atoms with E-state index in [-0.39, 0.29) is 25.5 Å². The molecule has 0 saturated carbocycles. The molecule has 0 fully saturated rings. The SMILES string of the molecule is Nc1ccccc1NC(=O)/C=C/C[C@H](O)c1ccccc1OCCO. The van der Waals surface area contributed by atoms with Gasteiger partial charge in [-0.3, -0.25) is 4.79 Å². The van der Waals surface area contributed by atoms with Crippen molar-refractivity contribution in [3.8, 4) is 5.75 Å². The molecule has 2 aromatic carbocycles. The van der Waals surface area contributed by atoms with Crippen molar-refractivity contribution >= 4 is 17.3 Å². The average Bonchev–Trinajstić information content (AvgIpc) is 2.62. The highest BCUT2D eigenvalue weighted by Crippen LogP contribution is 2.27. The predicted octanol–water partition coefficient (Wildman–Crippen LogP) is 2.26. The quantitative estimate of drug-likeness (QED) is 0.435. The molecule has 0 aliphatic carbocycles. The zero-order valence-corrected chi connectivity index (χ0v) is 13.8. The number of carbonyl (C=O) groups is 1. The lowest BCUT2D eigenvalue weighted by Crippen LogP contribution is -2.10. The topological polar surface area (TPSA) is 105 Å². The van der Waals surface area contributed by atoms with E-state index >= 15 is 0 Å². The molecule has 1 atom stereocenters. The Labute approximate surface area is 146 Å². The van der Waals surface area contributed by atoms with Gasteiger partial charge in [-0.05, 0) is 30.7 Å². The number of benzene rings is 2. The highest BCUT2D eigenvalue weighted by molar-refractivity contribution is 6.01. The number of para-hydroxylation sites is 3. The molecule has 0 spiro atoms. The maximum atomic E-state index is 11.9. The molecule has 0 unspecified atom stereocenters. The number of carbonyl (C=O) groups excluding carboxylic acids is 1. The average molecular weight is 342 g/mol. The van der Waals surface area contributed by atoms with Gasteiger partial charge in [-0.2, -0.15) is 0 Å². The van der Waals surface area contributed by atoms with Crippen LogP contribution in [-0.2, 0) is 4.79 Å². The molecule has 6 heteroatoms. The van der Waals surface area contributed by atoms with Crippen molar-refractivity contribution in [1.82, 2.24) is 0 Å². The molecule has 0 bridgehead atoms. The van der Waals surface area contributed by atoms with E-state index in [1.807, 2.05) is 0 Å². The zero-order chi connectivity index (χ0) is 18.1. The van der Waals surface area contributed by atoms with Gasteiger partial charge in [-0.1, -0.05) is 36.4 Å². The van der Waals surface area contributed by atoms with Crippen molar-refractivity contribution in [2.75, 3.05) is 24.3 Å². The van der Waals surface area contributed by atoms with Crippen LogP contribution in [0.3, 0.4) is 0 Å². The Morgan fingerprint density at radius 2 is 1.92 bits per heavy atom. The van der Waals surface area contributed by atoms with Crippen molar-refractivity contribution in [3.05, 3.63) is 66.2 Å². The first-order valence-corrected chi connectivity index (χ1v) is 7.94. The molecular weight excluding hydrogens is 320 g/mol. The smallest absolute Gasteiger partial charge is 0.248 e. The predicted molar refractivity (Wildman–Crippen MR) is 97.2 cm³/mol. The van der Waals surface area contributed by atoms with E-state index in [9.17, 15) is 9.90 Å². The highest BCUT2D eigenvalue weighted by atomic mass is 16.5. The third-order valence-corrected chi connectivity index (χ3v) is 3.47. The number of amides is 1. The second-order valence-electron chi connectivity index (χ2n) is 5.34. The normalized spacial score (nSPS) is 12.1. The Morgan fingerprint density at radius 1 is 1.20 bits per heavy atom. The standard InChI is InChI=1S/C19H22N2O4/c20-15-7-2-3-8-16(15)21-19(24)11-5-9-17(23)14-6-1-4-10-18(14)25-13-12-22/h1-8,10-11,17,22-23H,9,12-13,20H2,(H,21,24)/b11-5+/t17-/m0/s1. The number of hydrogen-bond acceptors (Lipinski definition) is 5. The summed E-state index contributed by atoms with van der Waals surface area (Å²) in [6.07, 6.45) is 2.37. The monoisotopic (exact) mass is 342 g/mol. The summed E-state index contributed by atoms with van der Waals surface area (Å²) >= 11 is 0. The molecule has 0 aliphatic rings. The van der Waals surface area contributed by atoms with Crippen LogP contribution in [0.4, 0.5) is 11.4 Å². The summed E-state index contributed by atoms with van der Waals surface area (Å²) in [7, 11) is 0. The Bertz CT molecular complexity index is 731. The Hall–Kier alpha value is -2.83. The first kappa shape index (κ1) is 18.5. The van der Waals surface area contributed by atoms with Gasteiger partial charge in [-0.15, -0.1) is 0 Å². The molecule has 5 N–H and O–H groups in total. The van der Waals surface area contributed by atoms with E-state index < -0.39 is 6.10 Å². The fraction of sp³-hybridized carbons (Fsp3) is 0.211. The second-order valence-corrected chi connectivity index (χ2v) is 5.34. The van der Waals surface area contributed by atoms with Gasteiger partial charge < -0.3 is 26.0 Å². The van der Waals surface area contributed by atoms with Crippen LogP contribution < -0.4 is 15.8 Å². The number of aliphatic hydroxyl groups is 2. The lowest BCUT2D eigenvalue weighted by atomic mass is 10.1. The van der Waals surface area contributed by atoms with Gasteiger partial charge in [0.05, 0.1) is 24.1 Å². The third kappa shape index (κ3) is 5.63. The van der Waals surface area contributed by atoms with Gasteiger partial charge in [0.25, 0.3) is 0 Å². The van der Waals surface area contributed by atoms with E-state index in [1.54, 1.807) is 54.6 Å². The molecule has 0 radical (unpaired) electrons. The first-order chi connectivity index (χ1) is 12.1. The van der Waals surface area contributed by atoms with Crippen LogP contribution in [0.1, 0.15) is 18.1 Å². The van der Waals surface area contributed by atoms with Crippen LogP contribution in [0.15, 0.2) is 60.7 Å². The van der Waals surface area contributed by atoms with E-state index in [2.05, 4.69) is 5.32 Å². The summed E-state index contributed by atoms with van der Waals surface area (Å²) in [5, 5.41) is 21.8. The summed E-state index contributed by atoms with van der Waals surface area (Å²) in [4.78, 5) is 11.9. The zero-order valence-electron chi connectivity index (χ0n) is 13.8. The number of nitrogen functional groups attached to an aromatic ring is 1. The summed E-state index contributed by atoms with van der Waals surface area (Å²) < 4.78 is 5.40. The third-order valence-electron chi connectivity index (χ3n) is 3.47. The van der Waals surface area contributed by atoms with Gasteiger partial charge in [0, 0.05) is 5.56 Å². The molecular formula is C19H22N2O4. The van der Waals surface area contributed by atoms with Crippen LogP contribution in [0.5, 0.6) is 5.75 Å². The molecule has 25 heavy (non-hydrogen) atoms. The number of ether oxygens (including phenoxy) is 1. The summed E-state index contributed by atoms with van der Waals surface area (Å²) in [5.41, 5.74) is 7.40. The van der Waals surface area contributed by atoms with Crippen molar-refractivity contribution in [3.63, 3.8) is 0 Å². The fourth-order valence-electron chi connectivity index (χ4n) is 2.26. The Balaban J connectivity index is 1.93. The molecule has 1 amide bonds. The highest BCUT2D eigenvalue weighted by Gasteiger charge is 2.12. The largest absolute Gasteiger partial charge is 0.491 e. The molecule has 0 aromatic heterocycles. The van der Waals surface area contributed by atoms with Crippen molar-refractivity contribution in [1.29, 1.82) is 0 Å². The number of hydrogen-bond donors (Lipinski definition) is 4. The number of rotatable bonds is 8. The maximum absolute atomic E-state index is 11.9. The summed E-state index contributed by atoms with van der Waals surface area (Å²) in [5.74, 6) is 0.189. The lowest BCUT2D eigenvalue weighted by Gasteiger charge is -2.14. The molecule has 0 aliphatic heterocycles. The van der Waals surface area contributed by atoms with Crippen molar-refractivity contribution in [2.45, 2.75) is 12.5 Å². The lowest BCUT2D eigenvalue weighted by molar-refractivity contribution is -0.111. The van der Waals surface area contributed by atoms with Gasteiger partial charge in [0.1, 0.15) is 12.4 Å². The fourth-order valence-corrected chi connectivity index (χ4v) is 2.26. The van der Waals surface area contributed by atoms with Crippen LogP contribution in [-0.4, -0.2) is 29.3 Å². The van der Waals surface area contributed by atoms with E-state index in [4.69, 9.17) is 15.6 Å². The van der Waals surface area contributed by atoms with Crippen LogP contribution in [0.25, 0.3) is 0 Å². The minimum Gasteiger partial charge on any atom is -0.491 e. The van der Waals surface area contributed by atoms with Crippen LogP contribution >= 0.6 is 0 Å². The van der Waals surface area contributed by atoms with Gasteiger partial charge in [0.15, 0.2) is 0 Å². The first-order valence-electron chi connectivity index (χ1n) is 7.94. The van der Waals surface area contributed by atoms with Crippen molar-refractivity contribution < 1.29 is 19.7 Å². The van der Waals surface area contributed by atoms with E-state index in [1.165, 1.54) is 6.08 Å². The summed E-state index contributed by atoms with van der Waals surface area (Å²) in [6.45, 7) is 0.0492. The Morgan fingerprint density at radius 3 is 2.68 bits per heavy atom. The number of aliphatic hydroxyl groups excluding tert-OH is 2. The molecule has 6 nitrogen and oxygen atoms in total. The minimum atomic E-state index is -0.819. The molecule has 2 rings (SSSR count). The summed E-state index contributed by atoms with van der Waals surface area (Å²) in [6, 6.07) is 14.0. The van der Waals surface area contributed by atoms with Gasteiger partial charge in [-0.25, -0.2) is 0 Å². The minimum absolute atomic E-state index is 0.104. The maximum Gasteiger partial charge on any atom is 0.248 e. The number of nitrogens with one attached hydrogen (secondary N) is 1. The second kappa shape index (κ2) is 9.46. The number of nitrogens with two attached hydrogens (primary N) is 1. The van der Waals surface area contributed by atoms with E-state index in [0.717, 1.165) is 0 Å². The molecule has 0 heterocycles. The van der Waals surface area contributed by atoms with Gasteiger partial charge >= 0.3 is 0 Å². The molecule has 0 saturated heterocycles. The van der Waals surface area contributed by atoms with Gasteiger partial charge in [0.2, 0.25) is 5.91 Å². The molecule has 2 aromatic rings.